The Morgan fingerprint density at radius 3 is 2.31 bits per heavy atom. The summed E-state index contributed by atoms with van der Waals surface area (Å²) < 4.78 is 78.4. The number of benzene rings is 1. The van der Waals surface area contributed by atoms with E-state index in [4.69, 9.17) is 0 Å². The van der Waals surface area contributed by atoms with E-state index in [9.17, 15) is 26.0 Å². The van der Waals surface area contributed by atoms with E-state index < -0.39 is 26.9 Å². The minimum atomic E-state index is -4.72. The highest BCUT2D eigenvalue weighted by Gasteiger charge is 2.38. The molecule has 0 amide bonds. The Hall–Kier alpha value is -2.20. The molecule has 3 rings (SSSR count). The van der Waals surface area contributed by atoms with Gasteiger partial charge in [0.05, 0.1) is 0 Å². The molecule has 0 bridgehead atoms. The summed E-state index contributed by atoms with van der Waals surface area (Å²) in [5.74, 6) is -0.369. The summed E-state index contributed by atoms with van der Waals surface area (Å²) in [6.45, 7) is 0.125. The van der Waals surface area contributed by atoms with Crippen molar-refractivity contribution >= 4 is 15.6 Å². The largest absolute Gasteiger partial charge is 0.435 e. The molecular formula is C16H15F4N3O2S. The van der Waals surface area contributed by atoms with Crippen LogP contribution in [0.2, 0.25) is 0 Å². The lowest BCUT2D eigenvalue weighted by atomic mass is 10.0. The van der Waals surface area contributed by atoms with Gasteiger partial charge in [0.15, 0.2) is 10.7 Å². The van der Waals surface area contributed by atoms with Crippen LogP contribution in [0.25, 0.3) is 5.57 Å². The molecule has 1 aliphatic heterocycles. The van der Waals surface area contributed by atoms with Crippen LogP contribution in [0.3, 0.4) is 0 Å². The van der Waals surface area contributed by atoms with Gasteiger partial charge in [0, 0.05) is 26.2 Å². The van der Waals surface area contributed by atoms with Crippen LogP contribution in [0.4, 0.5) is 17.6 Å². The number of rotatable bonds is 3. The highest BCUT2D eigenvalue weighted by Crippen LogP contribution is 2.31. The third-order valence-corrected chi connectivity index (χ3v) is 6.04. The minimum absolute atomic E-state index is 0.0155. The van der Waals surface area contributed by atoms with E-state index in [0.29, 0.717) is 12.5 Å². The van der Waals surface area contributed by atoms with Crippen LogP contribution in [0, 0.1) is 5.82 Å². The molecule has 0 spiro atoms. The number of halogens is 4. The van der Waals surface area contributed by atoms with E-state index in [1.165, 1.54) is 12.1 Å². The molecule has 26 heavy (non-hydrogen) atoms. The number of sulfonamides is 1. The fourth-order valence-corrected chi connectivity index (χ4v) is 4.26. The third kappa shape index (κ3) is 3.51. The van der Waals surface area contributed by atoms with Gasteiger partial charge in [-0.2, -0.15) is 22.6 Å². The number of hydrogen-bond donors (Lipinski definition) is 0. The molecule has 5 nitrogen and oxygen atoms in total. The first-order valence-electron chi connectivity index (χ1n) is 7.65. The van der Waals surface area contributed by atoms with Crippen molar-refractivity contribution in [1.29, 1.82) is 0 Å². The van der Waals surface area contributed by atoms with Gasteiger partial charge < -0.3 is 0 Å². The monoisotopic (exact) mass is 389 g/mol. The molecule has 0 fully saturated rings. The zero-order valence-electron chi connectivity index (χ0n) is 13.7. The summed E-state index contributed by atoms with van der Waals surface area (Å²) in [5, 5.41) is 2.74. The second kappa shape index (κ2) is 6.51. The van der Waals surface area contributed by atoms with E-state index in [-0.39, 0.29) is 18.9 Å². The van der Waals surface area contributed by atoms with Crippen molar-refractivity contribution in [3.63, 3.8) is 0 Å². The Bertz CT molecular complexity index is 947. The topological polar surface area (TPSA) is 55.2 Å². The van der Waals surface area contributed by atoms with Crippen LogP contribution in [0.15, 0.2) is 41.4 Å². The van der Waals surface area contributed by atoms with Crippen LogP contribution in [-0.4, -0.2) is 35.6 Å². The standard InChI is InChI=1S/C16H15F4N3O2S/c1-22-15(10-14(21-22)16(18,19)20)26(24,25)23-8-6-12(7-9-23)11-2-4-13(17)5-3-11/h2-6,10H,7-9H2,1H3. The molecule has 1 aliphatic rings. The molecule has 2 heterocycles. The van der Waals surface area contributed by atoms with Crippen LogP contribution < -0.4 is 0 Å². The summed E-state index contributed by atoms with van der Waals surface area (Å²) in [5.41, 5.74) is 0.388. The first-order chi connectivity index (χ1) is 12.1. The maximum absolute atomic E-state index is 13.0. The third-order valence-electron chi connectivity index (χ3n) is 4.12. The van der Waals surface area contributed by atoms with Gasteiger partial charge in [-0.3, -0.25) is 4.68 Å². The van der Waals surface area contributed by atoms with Gasteiger partial charge >= 0.3 is 6.18 Å². The quantitative estimate of drug-likeness (QED) is 0.759. The fourth-order valence-electron chi connectivity index (χ4n) is 2.76. The van der Waals surface area contributed by atoms with Gasteiger partial charge in [-0.15, -0.1) is 0 Å². The summed E-state index contributed by atoms with van der Waals surface area (Å²) in [6.07, 6.45) is -2.67. The summed E-state index contributed by atoms with van der Waals surface area (Å²) in [7, 11) is -2.96. The normalized spacial score (nSPS) is 16.6. The van der Waals surface area contributed by atoms with Gasteiger partial charge in [-0.25, -0.2) is 12.8 Å². The first-order valence-corrected chi connectivity index (χ1v) is 9.09. The van der Waals surface area contributed by atoms with E-state index in [2.05, 4.69) is 5.10 Å². The minimum Gasteiger partial charge on any atom is -0.255 e. The van der Waals surface area contributed by atoms with Gasteiger partial charge in [0.25, 0.3) is 10.0 Å². The molecule has 1 aromatic heterocycles. The Kier molecular flexibility index (Phi) is 4.65. The van der Waals surface area contributed by atoms with E-state index >= 15 is 0 Å². The van der Waals surface area contributed by atoms with Crippen molar-refractivity contribution in [2.45, 2.75) is 17.6 Å². The summed E-state index contributed by atoms with van der Waals surface area (Å²) >= 11 is 0. The van der Waals surface area contributed by atoms with Crippen molar-refractivity contribution in [1.82, 2.24) is 14.1 Å². The summed E-state index contributed by atoms with van der Waals surface area (Å²) in [4.78, 5) is 0. The molecule has 2 aromatic rings. The first kappa shape index (κ1) is 18.6. The van der Waals surface area contributed by atoms with Crippen molar-refractivity contribution < 1.29 is 26.0 Å². The smallest absolute Gasteiger partial charge is 0.255 e. The predicted molar refractivity (Wildman–Crippen MR) is 86.0 cm³/mol. The van der Waals surface area contributed by atoms with E-state index in [1.54, 1.807) is 18.2 Å². The Morgan fingerprint density at radius 2 is 1.81 bits per heavy atom. The average molecular weight is 389 g/mol. The molecule has 10 heteroatoms. The lowest BCUT2D eigenvalue weighted by molar-refractivity contribution is -0.141. The van der Waals surface area contributed by atoms with Gasteiger partial charge in [0.2, 0.25) is 0 Å². The molecule has 0 radical (unpaired) electrons. The number of hydrogen-bond acceptors (Lipinski definition) is 3. The Morgan fingerprint density at radius 1 is 1.15 bits per heavy atom. The highest BCUT2D eigenvalue weighted by atomic mass is 32.2. The van der Waals surface area contributed by atoms with Gasteiger partial charge in [-0.1, -0.05) is 18.2 Å². The number of alkyl halides is 3. The average Bonchev–Trinajstić information content (AvgIpc) is 2.99. The Labute approximate surface area is 147 Å². The number of nitrogens with zero attached hydrogens (tertiary/aromatic N) is 3. The maximum atomic E-state index is 13.0. The lowest BCUT2D eigenvalue weighted by Crippen LogP contribution is -2.35. The van der Waals surface area contributed by atoms with Crippen molar-refractivity contribution in [3.05, 3.63) is 53.5 Å². The van der Waals surface area contributed by atoms with Crippen LogP contribution >= 0.6 is 0 Å². The van der Waals surface area contributed by atoms with Crippen LogP contribution in [0.5, 0.6) is 0 Å². The van der Waals surface area contributed by atoms with Crippen LogP contribution in [-0.2, 0) is 23.2 Å². The zero-order chi connectivity index (χ0) is 19.1. The molecule has 0 unspecified atom stereocenters. The fraction of sp³-hybridized carbons (Fsp3) is 0.312. The van der Waals surface area contributed by atoms with Crippen molar-refractivity contribution in [2.24, 2.45) is 7.05 Å². The molecule has 0 atom stereocenters. The van der Waals surface area contributed by atoms with E-state index in [1.807, 2.05) is 0 Å². The SMILES string of the molecule is Cn1nc(C(F)(F)F)cc1S(=O)(=O)N1CC=C(c2ccc(F)cc2)CC1. The molecule has 0 aliphatic carbocycles. The van der Waals surface area contributed by atoms with Crippen LogP contribution in [0.1, 0.15) is 17.7 Å². The molecule has 0 saturated heterocycles. The summed E-state index contributed by atoms with van der Waals surface area (Å²) in [6, 6.07) is 6.36. The van der Waals surface area contributed by atoms with Crippen molar-refractivity contribution in [3.8, 4) is 0 Å². The zero-order valence-corrected chi connectivity index (χ0v) is 14.5. The molecule has 0 saturated carbocycles. The molecular weight excluding hydrogens is 374 g/mol. The number of aromatic nitrogens is 2. The second-order valence-electron chi connectivity index (χ2n) is 5.84. The highest BCUT2D eigenvalue weighted by molar-refractivity contribution is 7.89. The maximum Gasteiger partial charge on any atom is 0.435 e. The lowest BCUT2D eigenvalue weighted by Gasteiger charge is -2.25. The van der Waals surface area contributed by atoms with Crippen molar-refractivity contribution in [2.75, 3.05) is 13.1 Å². The van der Waals surface area contributed by atoms with Gasteiger partial charge in [0.1, 0.15) is 5.82 Å². The molecule has 140 valence electrons. The van der Waals surface area contributed by atoms with E-state index in [0.717, 1.165) is 27.2 Å². The Balaban J connectivity index is 1.84. The number of aryl methyl sites for hydroxylation is 1. The van der Waals surface area contributed by atoms with Gasteiger partial charge in [-0.05, 0) is 29.7 Å². The molecule has 0 N–H and O–H groups in total. The predicted octanol–water partition coefficient (Wildman–Crippen LogP) is 3.06. The second-order valence-corrected chi connectivity index (χ2v) is 7.72. The molecule has 1 aromatic carbocycles.